The van der Waals surface area contributed by atoms with Crippen LogP contribution in [0.1, 0.15) is 41.5 Å². The molecule has 0 aliphatic heterocycles. The largest absolute Gasteiger partial charge is 0.490 e. The summed E-state index contributed by atoms with van der Waals surface area (Å²) in [5.41, 5.74) is 0.898. The van der Waals surface area contributed by atoms with Gasteiger partial charge >= 0.3 is 5.97 Å². The number of esters is 1. The third kappa shape index (κ3) is 6.48. The van der Waals surface area contributed by atoms with Gasteiger partial charge in [0, 0.05) is 11.3 Å². The molecule has 0 bridgehead atoms. The number of thiocarbonyl (C=S) groups is 1. The Hall–Kier alpha value is -3.04. The lowest BCUT2D eigenvalue weighted by molar-refractivity contribution is 0.0601. The number of hydrogen-bond donors (Lipinski definition) is 2. The summed E-state index contributed by atoms with van der Waals surface area (Å²) in [4.78, 5) is 24.6. The molecule has 2 N–H and O–H groups in total. The maximum atomic E-state index is 12.8. The van der Waals surface area contributed by atoms with Crippen molar-refractivity contribution in [2.75, 3.05) is 32.2 Å². The molecular formula is C22H25ClN2O6S. The van der Waals surface area contributed by atoms with Gasteiger partial charge < -0.3 is 24.3 Å². The van der Waals surface area contributed by atoms with Crippen molar-refractivity contribution in [3.8, 4) is 17.2 Å². The number of carbonyl (C=O) groups excluding carboxylic acids is 2. The van der Waals surface area contributed by atoms with Crippen LogP contribution in [0.2, 0.25) is 5.02 Å². The summed E-state index contributed by atoms with van der Waals surface area (Å²) in [6.45, 7) is 6.69. The van der Waals surface area contributed by atoms with Crippen molar-refractivity contribution in [3.63, 3.8) is 0 Å². The van der Waals surface area contributed by atoms with Gasteiger partial charge in [-0.05, 0) is 63.3 Å². The summed E-state index contributed by atoms with van der Waals surface area (Å²) >= 11 is 11.3. The fourth-order valence-electron chi connectivity index (χ4n) is 2.73. The first kappa shape index (κ1) is 25.2. The van der Waals surface area contributed by atoms with Crippen LogP contribution in [-0.2, 0) is 4.74 Å². The van der Waals surface area contributed by atoms with Gasteiger partial charge in [0.25, 0.3) is 5.91 Å². The first-order valence-corrected chi connectivity index (χ1v) is 10.7. The molecule has 0 unspecified atom stereocenters. The standard InChI is InChI=1S/C22H25ClN2O6S/c1-5-29-17-10-13(11-18(30-6-2)19(17)31-7-3)20(26)25-22(32)24-14-8-9-16(23)15(12-14)21(27)28-4/h8-12H,5-7H2,1-4H3,(H2,24,25,26,32). The smallest absolute Gasteiger partial charge is 0.339 e. The van der Waals surface area contributed by atoms with E-state index in [-0.39, 0.29) is 21.3 Å². The van der Waals surface area contributed by atoms with Crippen molar-refractivity contribution in [2.24, 2.45) is 0 Å². The molecule has 0 aromatic heterocycles. The van der Waals surface area contributed by atoms with Crippen LogP contribution in [0.25, 0.3) is 0 Å². The average molecular weight is 481 g/mol. The van der Waals surface area contributed by atoms with Gasteiger partial charge in [0.2, 0.25) is 5.75 Å². The molecule has 2 aromatic carbocycles. The molecule has 2 rings (SSSR count). The highest BCUT2D eigenvalue weighted by Gasteiger charge is 2.19. The molecular weight excluding hydrogens is 456 g/mol. The Morgan fingerprint density at radius 3 is 2.09 bits per heavy atom. The molecule has 2 aromatic rings. The SMILES string of the molecule is CCOc1cc(C(=O)NC(=S)Nc2ccc(Cl)c(C(=O)OC)c2)cc(OCC)c1OCC. The van der Waals surface area contributed by atoms with Gasteiger partial charge in [-0.15, -0.1) is 0 Å². The molecule has 0 heterocycles. The average Bonchev–Trinajstić information content (AvgIpc) is 2.76. The summed E-state index contributed by atoms with van der Waals surface area (Å²) < 4.78 is 21.6. The second-order valence-corrected chi connectivity index (χ2v) is 7.01. The summed E-state index contributed by atoms with van der Waals surface area (Å²) in [6, 6.07) is 7.74. The third-order valence-corrected chi connectivity index (χ3v) is 4.56. The topological polar surface area (TPSA) is 95.1 Å². The van der Waals surface area contributed by atoms with Crippen LogP contribution in [-0.4, -0.2) is 43.9 Å². The van der Waals surface area contributed by atoms with E-state index in [0.717, 1.165) is 0 Å². The number of methoxy groups -OCH3 is 1. The Labute approximate surface area is 197 Å². The summed E-state index contributed by atoms with van der Waals surface area (Å²) in [5, 5.41) is 5.70. The molecule has 0 saturated carbocycles. The highest BCUT2D eigenvalue weighted by Crippen LogP contribution is 2.39. The Morgan fingerprint density at radius 2 is 1.56 bits per heavy atom. The van der Waals surface area contributed by atoms with Gasteiger partial charge in [0.15, 0.2) is 16.6 Å². The van der Waals surface area contributed by atoms with Crippen molar-refractivity contribution < 1.29 is 28.5 Å². The first-order valence-electron chi connectivity index (χ1n) is 9.91. The fourth-order valence-corrected chi connectivity index (χ4v) is 3.13. The molecule has 172 valence electrons. The van der Waals surface area contributed by atoms with Crippen LogP contribution < -0.4 is 24.8 Å². The van der Waals surface area contributed by atoms with E-state index >= 15 is 0 Å². The van der Waals surface area contributed by atoms with Crippen LogP contribution in [0.15, 0.2) is 30.3 Å². The highest BCUT2D eigenvalue weighted by molar-refractivity contribution is 7.80. The van der Waals surface area contributed by atoms with Gasteiger partial charge in [-0.3, -0.25) is 10.1 Å². The zero-order valence-corrected chi connectivity index (χ0v) is 19.8. The molecule has 8 nitrogen and oxygen atoms in total. The molecule has 0 aliphatic carbocycles. The number of nitrogens with one attached hydrogen (secondary N) is 2. The lowest BCUT2D eigenvalue weighted by Crippen LogP contribution is -2.34. The third-order valence-electron chi connectivity index (χ3n) is 4.03. The van der Waals surface area contributed by atoms with Gasteiger partial charge in [-0.2, -0.15) is 0 Å². The summed E-state index contributed by atoms with van der Waals surface area (Å²) in [6.07, 6.45) is 0. The normalized spacial score (nSPS) is 10.2. The molecule has 0 saturated heterocycles. The second-order valence-electron chi connectivity index (χ2n) is 6.20. The lowest BCUT2D eigenvalue weighted by Gasteiger charge is -2.17. The van der Waals surface area contributed by atoms with Crippen molar-refractivity contribution in [1.82, 2.24) is 5.32 Å². The van der Waals surface area contributed by atoms with E-state index < -0.39 is 11.9 Å². The maximum Gasteiger partial charge on any atom is 0.339 e. The zero-order chi connectivity index (χ0) is 23.7. The number of halogens is 1. The number of carbonyl (C=O) groups is 2. The van der Waals surface area contributed by atoms with E-state index in [2.05, 4.69) is 10.6 Å². The van der Waals surface area contributed by atoms with Crippen molar-refractivity contribution in [3.05, 3.63) is 46.5 Å². The first-order chi connectivity index (χ1) is 15.3. The lowest BCUT2D eigenvalue weighted by atomic mass is 10.1. The predicted octanol–water partition coefficient (Wildman–Crippen LogP) is 4.45. The Kier molecular flexibility index (Phi) is 9.55. The van der Waals surface area contributed by atoms with E-state index in [4.69, 9.17) is 42.8 Å². The minimum absolute atomic E-state index is 0.0259. The molecule has 0 aliphatic rings. The Balaban J connectivity index is 2.22. The number of anilines is 1. The number of amides is 1. The second kappa shape index (κ2) is 12.1. The van der Waals surface area contributed by atoms with E-state index in [9.17, 15) is 9.59 Å². The monoisotopic (exact) mass is 480 g/mol. The number of benzene rings is 2. The summed E-state index contributed by atoms with van der Waals surface area (Å²) in [5.74, 6) is 0.156. The van der Waals surface area contributed by atoms with E-state index in [0.29, 0.717) is 42.8 Å². The molecule has 0 fully saturated rings. The number of rotatable bonds is 9. The molecule has 0 radical (unpaired) electrons. The minimum Gasteiger partial charge on any atom is -0.490 e. The Bertz CT molecular complexity index is 971. The molecule has 32 heavy (non-hydrogen) atoms. The molecule has 0 atom stereocenters. The van der Waals surface area contributed by atoms with Gasteiger partial charge in [-0.1, -0.05) is 11.6 Å². The zero-order valence-electron chi connectivity index (χ0n) is 18.2. The number of ether oxygens (including phenoxy) is 4. The molecule has 10 heteroatoms. The highest BCUT2D eigenvalue weighted by atomic mass is 35.5. The van der Waals surface area contributed by atoms with Crippen LogP contribution in [0, 0.1) is 0 Å². The van der Waals surface area contributed by atoms with Crippen LogP contribution >= 0.6 is 23.8 Å². The minimum atomic E-state index is -0.588. The van der Waals surface area contributed by atoms with E-state index in [1.165, 1.54) is 19.2 Å². The van der Waals surface area contributed by atoms with Gasteiger partial charge in [-0.25, -0.2) is 4.79 Å². The Morgan fingerprint density at radius 1 is 0.969 bits per heavy atom. The molecule has 1 amide bonds. The van der Waals surface area contributed by atoms with Crippen LogP contribution in [0.3, 0.4) is 0 Å². The van der Waals surface area contributed by atoms with Crippen molar-refractivity contribution in [2.45, 2.75) is 20.8 Å². The van der Waals surface area contributed by atoms with Gasteiger partial charge in [0.05, 0.1) is 37.5 Å². The van der Waals surface area contributed by atoms with Crippen molar-refractivity contribution >= 4 is 46.5 Å². The van der Waals surface area contributed by atoms with E-state index in [1.807, 2.05) is 20.8 Å². The van der Waals surface area contributed by atoms with Crippen molar-refractivity contribution in [1.29, 1.82) is 0 Å². The van der Waals surface area contributed by atoms with Gasteiger partial charge in [0.1, 0.15) is 0 Å². The van der Waals surface area contributed by atoms with Crippen LogP contribution in [0.4, 0.5) is 5.69 Å². The summed E-state index contributed by atoms with van der Waals surface area (Å²) in [7, 11) is 1.26. The maximum absolute atomic E-state index is 12.8. The number of hydrogen-bond acceptors (Lipinski definition) is 7. The van der Waals surface area contributed by atoms with Crippen LogP contribution in [0.5, 0.6) is 17.2 Å². The fraction of sp³-hybridized carbons (Fsp3) is 0.318. The predicted molar refractivity (Wildman–Crippen MR) is 126 cm³/mol. The quantitative estimate of drug-likeness (QED) is 0.401. The van der Waals surface area contributed by atoms with E-state index in [1.54, 1.807) is 18.2 Å². The molecule has 0 spiro atoms.